The van der Waals surface area contributed by atoms with Crippen LogP contribution in [0, 0.1) is 0 Å². The maximum Gasteiger partial charge on any atom is 0.318 e. The van der Waals surface area contributed by atoms with Crippen LogP contribution < -0.4 is 16.4 Å². The van der Waals surface area contributed by atoms with Crippen molar-refractivity contribution in [3.05, 3.63) is 29.3 Å². The number of ether oxygens (including phenoxy) is 1. The van der Waals surface area contributed by atoms with E-state index in [1.807, 2.05) is 0 Å². The maximum atomic E-state index is 11.4. The topological polar surface area (TPSA) is 93.4 Å². The number of nitrogens with one attached hydrogen (secondary N) is 2. The van der Waals surface area contributed by atoms with Crippen molar-refractivity contribution in [1.82, 2.24) is 5.32 Å². The van der Waals surface area contributed by atoms with Gasteiger partial charge < -0.3 is 21.1 Å². The molecular weight excluding hydrogens is 222 g/mol. The molecule has 6 heteroatoms. The molecule has 1 rings (SSSR count). The number of carbonyl (C=O) groups is 2. The zero-order valence-corrected chi connectivity index (χ0v) is 9.74. The molecular formula is C11H15N3O3. The molecule has 0 saturated carbocycles. The molecule has 1 aromatic rings. The minimum atomic E-state index is -0.607. The highest BCUT2D eigenvalue weighted by atomic mass is 16.5. The first-order valence-electron chi connectivity index (χ1n) is 4.99. The Morgan fingerprint density at radius 3 is 2.65 bits per heavy atom. The van der Waals surface area contributed by atoms with Crippen LogP contribution in [0.2, 0.25) is 0 Å². The van der Waals surface area contributed by atoms with Crippen molar-refractivity contribution in [3.63, 3.8) is 0 Å². The van der Waals surface area contributed by atoms with Crippen LogP contribution in [0.25, 0.3) is 0 Å². The number of benzene rings is 1. The van der Waals surface area contributed by atoms with E-state index in [1.165, 1.54) is 14.2 Å². The molecule has 0 fully saturated rings. The van der Waals surface area contributed by atoms with E-state index in [4.69, 9.17) is 10.5 Å². The van der Waals surface area contributed by atoms with Gasteiger partial charge in [0, 0.05) is 14.2 Å². The molecule has 0 aromatic heterocycles. The number of urea groups is 1. The van der Waals surface area contributed by atoms with Crippen molar-refractivity contribution in [2.24, 2.45) is 5.73 Å². The first-order chi connectivity index (χ1) is 8.10. The van der Waals surface area contributed by atoms with Gasteiger partial charge in [-0.3, -0.25) is 4.79 Å². The normalized spacial score (nSPS) is 9.76. The molecule has 0 heterocycles. The summed E-state index contributed by atoms with van der Waals surface area (Å²) >= 11 is 0. The summed E-state index contributed by atoms with van der Waals surface area (Å²) in [6.45, 7) is 0.252. The number of hydrogen-bond donors (Lipinski definition) is 3. The fraction of sp³-hybridized carbons (Fsp3) is 0.273. The number of anilines is 1. The van der Waals surface area contributed by atoms with Crippen LogP contribution in [0.4, 0.5) is 10.5 Å². The zero-order chi connectivity index (χ0) is 12.8. The standard InChI is InChI=1S/C11H15N3O3/c1-13-11(16)14-8-5-3-4-7(6-17-2)9(8)10(12)15/h3-5H,6H2,1-2H3,(H2,12,15)(H2,13,14,16). The maximum absolute atomic E-state index is 11.4. The molecule has 0 radical (unpaired) electrons. The van der Waals surface area contributed by atoms with Crippen LogP contribution in [-0.2, 0) is 11.3 Å². The molecule has 4 N–H and O–H groups in total. The lowest BCUT2D eigenvalue weighted by atomic mass is 10.1. The monoisotopic (exact) mass is 237 g/mol. The third-order valence-electron chi connectivity index (χ3n) is 2.17. The lowest BCUT2D eigenvalue weighted by molar-refractivity contribution is 0.0996. The minimum Gasteiger partial charge on any atom is -0.380 e. The summed E-state index contributed by atoms with van der Waals surface area (Å²) in [5.41, 5.74) is 6.56. The molecule has 0 aliphatic rings. The van der Waals surface area contributed by atoms with Crippen molar-refractivity contribution < 1.29 is 14.3 Å². The molecule has 0 aliphatic carbocycles. The second kappa shape index (κ2) is 5.86. The summed E-state index contributed by atoms with van der Waals surface area (Å²) in [5.74, 6) is -0.607. The highest BCUT2D eigenvalue weighted by molar-refractivity contribution is 6.03. The summed E-state index contributed by atoms with van der Waals surface area (Å²) < 4.78 is 4.97. The van der Waals surface area contributed by atoms with Gasteiger partial charge in [0.1, 0.15) is 0 Å². The quantitative estimate of drug-likeness (QED) is 0.719. The van der Waals surface area contributed by atoms with Gasteiger partial charge in [-0.25, -0.2) is 4.79 Å². The molecule has 6 nitrogen and oxygen atoms in total. The number of hydrogen-bond acceptors (Lipinski definition) is 3. The molecule has 92 valence electrons. The third-order valence-corrected chi connectivity index (χ3v) is 2.17. The lowest BCUT2D eigenvalue weighted by Gasteiger charge is -2.12. The smallest absolute Gasteiger partial charge is 0.318 e. The highest BCUT2D eigenvalue weighted by Crippen LogP contribution is 2.20. The number of amides is 3. The first kappa shape index (κ1) is 13.0. The molecule has 0 spiro atoms. The van der Waals surface area contributed by atoms with E-state index in [-0.39, 0.29) is 12.2 Å². The van der Waals surface area contributed by atoms with Gasteiger partial charge in [-0.2, -0.15) is 0 Å². The third kappa shape index (κ3) is 3.18. The largest absolute Gasteiger partial charge is 0.380 e. The Morgan fingerprint density at radius 2 is 2.12 bits per heavy atom. The van der Waals surface area contributed by atoms with Gasteiger partial charge in [-0.15, -0.1) is 0 Å². The van der Waals surface area contributed by atoms with Crippen molar-refractivity contribution in [2.45, 2.75) is 6.61 Å². The molecule has 1 aromatic carbocycles. The van der Waals surface area contributed by atoms with E-state index in [0.29, 0.717) is 11.3 Å². The summed E-state index contributed by atoms with van der Waals surface area (Å²) in [6.07, 6.45) is 0. The number of methoxy groups -OCH3 is 1. The predicted molar refractivity (Wildman–Crippen MR) is 63.8 cm³/mol. The Balaban J connectivity index is 3.15. The van der Waals surface area contributed by atoms with E-state index < -0.39 is 11.9 Å². The Hall–Kier alpha value is -2.08. The van der Waals surface area contributed by atoms with E-state index in [9.17, 15) is 9.59 Å². The van der Waals surface area contributed by atoms with Gasteiger partial charge in [0.25, 0.3) is 5.91 Å². The SMILES string of the molecule is CNC(=O)Nc1cccc(COC)c1C(N)=O. The molecule has 0 aliphatic heterocycles. The van der Waals surface area contributed by atoms with Gasteiger partial charge in [-0.1, -0.05) is 12.1 Å². The Bertz CT molecular complexity index is 432. The van der Waals surface area contributed by atoms with Crippen LogP contribution >= 0.6 is 0 Å². The molecule has 0 bridgehead atoms. The van der Waals surface area contributed by atoms with Crippen LogP contribution in [-0.4, -0.2) is 26.1 Å². The van der Waals surface area contributed by atoms with Crippen LogP contribution in [0.15, 0.2) is 18.2 Å². The van der Waals surface area contributed by atoms with Crippen molar-refractivity contribution in [1.29, 1.82) is 0 Å². The van der Waals surface area contributed by atoms with Crippen LogP contribution in [0.5, 0.6) is 0 Å². The number of carbonyl (C=O) groups excluding carboxylic acids is 2. The van der Waals surface area contributed by atoms with E-state index in [2.05, 4.69) is 10.6 Å². The molecule has 3 amide bonds. The van der Waals surface area contributed by atoms with Gasteiger partial charge in [0.15, 0.2) is 0 Å². The van der Waals surface area contributed by atoms with Gasteiger partial charge in [-0.05, 0) is 11.6 Å². The Kier molecular flexibility index (Phi) is 4.47. The van der Waals surface area contributed by atoms with Crippen LogP contribution in [0.3, 0.4) is 0 Å². The average Bonchev–Trinajstić information content (AvgIpc) is 2.29. The van der Waals surface area contributed by atoms with E-state index >= 15 is 0 Å². The van der Waals surface area contributed by atoms with E-state index in [0.717, 1.165) is 0 Å². The summed E-state index contributed by atoms with van der Waals surface area (Å²) in [7, 11) is 3.00. The number of rotatable bonds is 4. The van der Waals surface area contributed by atoms with Crippen LogP contribution in [0.1, 0.15) is 15.9 Å². The predicted octanol–water partition coefficient (Wildman–Crippen LogP) is 0.683. The molecule has 0 saturated heterocycles. The number of primary amides is 1. The second-order valence-corrected chi connectivity index (χ2v) is 3.34. The fourth-order valence-electron chi connectivity index (χ4n) is 1.46. The van der Waals surface area contributed by atoms with Crippen molar-refractivity contribution in [2.75, 3.05) is 19.5 Å². The average molecular weight is 237 g/mol. The second-order valence-electron chi connectivity index (χ2n) is 3.34. The molecule has 0 unspecified atom stereocenters. The van der Waals surface area contributed by atoms with E-state index in [1.54, 1.807) is 18.2 Å². The zero-order valence-electron chi connectivity index (χ0n) is 9.74. The highest BCUT2D eigenvalue weighted by Gasteiger charge is 2.14. The number of nitrogens with two attached hydrogens (primary N) is 1. The minimum absolute atomic E-state index is 0.252. The van der Waals surface area contributed by atoms with Gasteiger partial charge >= 0.3 is 6.03 Å². The summed E-state index contributed by atoms with van der Waals surface area (Å²) in [5, 5.41) is 4.93. The summed E-state index contributed by atoms with van der Waals surface area (Å²) in [4.78, 5) is 22.6. The Labute approximate surface area is 99.1 Å². The van der Waals surface area contributed by atoms with Crippen molar-refractivity contribution in [3.8, 4) is 0 Å². The Morgan fingerprint density at radius 1 is 1.41 bits per heavy atom. The lowest BCUT2D eigenvalue weighted by Crippen LogP contribution is -2.27. The fourth-order valence-corrected chi connectivity index (χ4v) is 1.46. The van der Waals surface area contributed by atoms with Crippen molar-refractivity contribution >= 4 is 17.6 Å². The first-order valence-corrected chi connectivity index (χ1v) is 4.99. The molecule has 0 atom stereocenters. The van der Waals surface area contributed by atoms with Gasteiger partial charge in [0.2, 0.25) is 0 Å². The van der Waals surface area contributed by atoms with Gasteiger partial charge in [0.05, 0.1) is 17.9 Å². The summed E-state index contributed by atoms with van der Waals surface area (Å²) in [6, 6.07) is 4.63. The molecule has 17 heavy (non-hydrogen) atoms.